The number of sulfonamides is 1. The van der Waals surface area contributed by atoms with Crippen LogP contribution in [0.25, 0.3) is 0 Å². The van der Waals surface area contributed by atoms with Gasteiger partial charge in [0.15, 0.2) is 0 Å². The van der Waals surface area contributed by atoms with Gasteiger partial charge in [0.1, 0.15) is 11.1 Å². The molecule has 1 heterocycles. The SMILES string of the molecule is CN(C)c1ccc(NS(=O)(=O)[C@H]2CON(C)[C@@H]2c2cccc(F)c2)cc1. The number of hydrogen-bond acceptors (Lipinski definition) is 5. The summed E-state index contributed by atoms with van der Waals surface area (Å²) in [5.74, 6) is -0.411. The Morgan fingerprint density at radius 1 is 1.19 bits per heavy atom. The summed E-state index contributed by atoms with van der Waals surface area (Å²) in [7, 11) is 1.73. The Hall–Kier alpha value is -2.16. The quantitative estimate of drug-likeness (QED) is 0.865. The Bertz CT molecular complexity index is 872. The monoisotopic (exact) mass is 379 g/mol. The van der Waals surface area contributed by atoms with Crippen molar-refractivity contribution < 1.29 is 17.6 Å². The summed E-state index contributed by atoms with van der Waals surface area (Å²) in [5, 5.41) is 0.608. The van der Waals surface area contributed by atoms with Gasteiger partial charge in [-0.3, -0.25) is 9.56 Å². The molecule has 3 rings (SSSR count). The predicted molar refractivity (Wildman–Crippen MR) is 100.0 cm³/mol. The van der Waals surface area contributed by atoms with Crippen LogP contribution in [0.3, 0.4) is 0 Å². The van der Waals surface area contributed by atoms with Gasteiger partial charge in [0.25, 0.3) is 0 Å². The third-order valence-electron chi connectivity index (χ3n) is 4.42. The zero-order valence-electron chi connectivity index (χ0n) is 14.9. The minimum Gasteiger partial charge on any atom is -0.378 e. The predicted octanol–water partition coefficient (Wildman–Crippen LogP) is 2.62. The zero-order chi connectivity index (χ0) is 18.9. The third kappa shape index (κ3) is 3.82. The fourth-order valence-electron chi connectivity index (χ4n) is 3.04. The maximum atomic E-state index is 13.6. The smallest absolute Gasteiger partial charge is 0.239 e. The van der Waals surface area contributed by atoms with Crippen molar-refractivity contribution in [2.75, 3.05) is 37.4 Å². The highest BCUT2D eigenvalue weighted by Crippen LogP contribution is 2.34. The molecular weight excluding hydrogens is 357 g/mol. The van der Waals surface area contributed by atoms with Crippen LogP contribution in [0, 0.1) is 5.82 Å². The first kappa shape index (κ1) is 18.6. The molecule has 1 aliphatic heterocycles. The van der Waals surface area contributed by atoms with E-state index in [2.05, 4.69) is 4.72 Å². The summed E-state index contributed by atoms with van der Waals surface area (Å²) in [6.45, 7) is 0.00277. The Balaban J connectivity index is 1.85. The molecule has 6 nitrogen and oxygen atoms in total. The molecule has 8 heteroatoms. The maximum Gasteiger partial charge on any atom is 0.239 e. The maximum absolute atomic E-state index is 13.6. The Morgan fingerprint density at radius 2 is 1.88 bits per heavy atom. The minimum atomic E-state index is -3.74. The highest BCUT2D eigenvalue weighted by molar-refractivity contribution is 7.93. The van der Waals surface area contributed by atoms with Gasteiger partial charge in [0.2, 0.25) is 10.0 Å². The number of hydroxylamine groups is 2. The van der Waals surface area contributed by atoms with Gasteiger partial charge in [-0.2, -0.15) is 5.06 Å². The first-order valence-electron chi connectivity index (χ1n) is 8.18. The summed E-state index contributed by atoms with van der Waals surface area (Å²) in [6, 6.07) is 12.4. The van der Waals surface area contributed by atoms with Crippen LogP contribution >= 0.6 is 0 Å². The lowest BCUT2D eigenvalue weighted by molar-refractivity contribution is -0.110. The summed E-state index contributed by atoms with van der Waals surface area (Å²) in [6.07, 6.45) is 0. The second-order valence-electron chi connectivity index (χ2n) is 6.47. The molecule has 0 unspecified atom stereocenters. The normalized spacial score (nSPS) is 20.9. The lowest BCUT2D eigenvalue weighted by Crippen LogP contribution is -2.35. The minimum absolute atomic E-state index is 0.00277. The van der Waals surface area contributed by atoms with E-state index in [-0.39, 0.29) is 6.61 Å². The molecule has 1 aliphatic rings. The van der Waals surface area contributed by atoms with E-state index in [1.54, 1.807) is 31.3 Å². The summed E-state index contributed by atoms with van der Waals surface area (Å²) < 4.78 is 42.0. The Morgan fingerprint density at radius 3 is 2.50 bits per heavy atom. The van der Waals surface area contributed by atoms with Crippen molar-refractivity contribution in [2.45, 2.75) is 11.3 Å². The molecule has 1 fully saturated rings. The lowest BCUT2D eigenvalue weighted by Gasteiger charge is -2.23. The highest BCUT2D eigenvalue weighted by Gasteiger charge is 2.43. The van der Waals surface area contributed by atoms with Crippen molar-refractivity contribution in [3.05, 3.63) is 59.9 Å². The second kappa shape index (κ2) is 7.22. The van der Waals surface area contributed by atoms with Crippen LogP contribution < -0.4 is 9.62 Å². The van der Waals surface area contributed by atoms with Crippen LogP contribution in [0.5, 0.6) is 0 Å². The fourth-order valence-corrected chi connectivity index (χ4v) is 4.56. The number of halogens is 1. The van der Waals surface area contributed by atoms with Crippen molar-refractivity contribution in [3.8, 4) is 0 Å². The van der Waals surface area contributed by atoms with E-state index in [9.17, 15) is 12.8 Å². The fraction of sp³-hybridized carbons (Fsp3) is 0.333. The molecule has 2 aromatic rings. The van der Waals surface area contributed by atoms with Crippen molar-refractivity contribution in [1.29, 1.82) is 0 Å². The average molecular weight is 379 g/mol. The van der Waals surface area contributed by atoms with Crippen LogP contribution in [-0.4, -0.2) is 46.5 Å². The average Bonchev–Trinajstić information content (AvgIpc) is 2.97. The number of anilines is 2. The zero-order valence-corrected chi connectivity index (χ0v) is 15.7. The first-order valence-corrected chi connectivity index (χ1v) is 9.73. The topological polar surface area (TPSA) is 61.9 Å². The number of rotatable bonds is 5. The molecule has 1 saturated heterocycles. The molecular formula is C18H22FN3O3S. The van der Waals surface area contributed by atoms with E-state index in [1.807, 2.05) is 31.1 Å². The van der Waals surface area contributed by atoms with E-state index in [0.29, 0.717) is 11.3 Å². The lowest BCUT2D eigenvalue weighted by atomic mass is 10.0. The van der Waals surface area contributed by atoms with E-state index in [1.165, 1.54) is 17.2 Å². The van der Waals surface area contributed by atoms with Gasteiger partial charge >= 0.3 is 0 Å². The van der Waals surface area contributed by atoms with Gasteiger partial charge in [0.05, 0.1) is 12.6 Å². The molecule has 1 N–H and O–H groups in total. The second-order valence-corrected chi connectivity index (χ2v) is 8.37. The number of hydrogen-bond donors (Lipinski definition) is 1. The van der Waals surface area contributed by atoms with Gasteiger partial charge in [-0.1, -0.05) is 12.1 Å². The van der Waals surface area contributed by atoms with Crippen LogP contribution in [0.15, 0.2) is 48.5 Å². The first-order chi connectivity index (χ1) is 12.3. The summed E-state index contributed by atoms with van der Waals surface area (Å²) in [4.78, 5) is 7.36. The molecule has 0 amide bonds. The third-order valence-corrected chi connectivity index (χ3v) is 6.13. The van der Waals surface area contributed by atoms with Gasteiger partial charge in [-0.25, -0.2) is 12.8 Å². The number of nitrogens with zero attached hydrogens (tertiary/aromatic N) is 2. The van der Waals surface area contributed by atoms with Crippen LogP contribution in [-0.2, 0) is 14.9 Å². The van der Waals surface area contributed by atoms with Gasteiger partial charge in [-0.15, -0.1) is 0 Å². The summed E-state index contributed by atoms with van der Waals surface area (Å²) >= 11 is 0. The molecule has 0 saturated carbocycles. The molecule has 140 valence electrons. The van der Waals surface area contributed by atoms with Gasteiger partial charge in [0, 0.05) is 32.5 Å². The van der Waals surface area contributed by atoms with Crippen LogP contribution in [0.1, 0.15) is 11.6 Å². The van der Waals surface area contributed by atoms with Gasteiger partial charge < -0.3 is 4.90 Å². The van der Waals surface area contributed by atoms with Crippen molar-refractivity contribution in [1.82, 2.24) is 5.06 Å². The molecule has 2 atom stereocenters. The Labute approximate surface area is 153 Å². The highest BCUT2D eigenvalue weighted by atomic mass is 32.2. The van der Waals surface area contributed by atoms with E-state index in [4.69, 9.17) is 4.84 Å². The molecule has 0 aliphatic carbocycles. The standard InChI is InChI=1S/C18H22FN3O3S/c1-21(2)16-9-7-15(8-10-16)20-26(23,24)17-12-25-22(3)18(17)13-5-4-6-14(19)11-13/h4-11,17-18,20H,12H2,1-3H3/t17-,18+/m0/s1. The van der Waals surface area contributed by atoms with Crippen LogP contribution in [0.4, 0.5) is 15.8 Å². The molecule has 0 radical (unpaired) electrons. The van der Waals surface area contributed by atoms with E-state index < -0.39 is 27.1 Å². The van der Waals surface area contributed by atoms with E-state index in [0.717, 1.165) is 5.69 Å². The Kier molecular flexibility index (Phi) is 5.17. The molecule has 0 spiro atoms. The van der Waals surface area contributed by atoms with Crippen LogP contribution in [0.2, 0.25) is 0 Å². The van der Waals surface area contributed by atoms with Crippen molar-refractivity contribution in [2.24, 2.45) is 0 Å². The van der Waals surface area contributed by atoms with Gasteiger partial charge in [-0.05, 0) is 42.0 Å². The van der Waals surface area contributed by atoms with E-state index >= 15 is 0 Å². The molecule has 2 aromatic carbocycles. The van der Waals surface area contributed by atoms with Crippen molar-refractivity contribution in [3.63, 3.8) is 0 Å². The number of nitrogens with one attached hydrogen (secondary N) is 1. The molecule has 26 heavy (non-hydrogen) atoms. The molecule has 0 bridgehead atoms. The number of benzene rings is 2. The molecule has 0 aromatic heterocycles. The van der Waals surface area contributed by atoms with Crippen molar-refractivity contribution >= 4 is 21.4 Å². The largest absolute Gasteiger partial charge is 0.378 e. The summed E-state index contributed by atoms with van der Waals surface area (Å²) in [5.41, 5.74) is 2.00.